The first-order chi connectivity index (χ1) is 16.3. The second kappa shape index (κ2) is 9.71. The normalized spacial score (nSPS) is 17.4. The van der Waals surface area contributed by atoms with E-state index < -0.39 is 0 Å². The lowest BCUT2D eigenvalue weighted by atomic mass is 9.95. The fraction of sp³-hybridized carbons (Fsp3) is 0.370. The maximum Gasteiger partial charge on any atom is 0.164 e. The Bertz CT molecular complexity index is 1180. The molecule has 0 radical (unpaired) electrons. The van der Waals surface area contributed by atoms with Gasteiger partial charge in [-0.3, -0.25) is 4.99 Å². The molecule has 3 aromatic rings. The van der Waals surface area contributed by atoms with Crippen molar-refractivity contribution in [2.24, 2.45) is 4.99 Å². The van der Waals surface area contributed by atoms with Gasteiger partial charge in [0.15, 0.2) is 11.5 Å². The molecule has 0 N–H and O–H groups in total. The summed E-state index contributed by atoms with van der Waals surface area (Å²) in [6.07, 6.45) is 3.23. The van der Waals surface area contributed by atoms with Gasteiger partial charge in [-0.05, 0) is 37.0 Å². The highest BCUT2D eigenvalue weighted by molar-refractivity contribution is 5.72. The third-order valence-electron chi connectivity index (χ3n) is 6.36. The number of hydrogen-bond donors (Lipinski definition) is 0. The van der Waals surface area contributed by atoms with E-state index in [4.69, 9.17) is 23.9 Å². The minimum absolute atomic E-state index is 0.204. The smallest absolute Gasteiger partial charge is 0.164 e. The molecule has 33 heavy (non-hydrogen) atoms. The quantitative estimate of drug-likeness (QED) is 0.540. The summed E-state index contributed by atoms with van der Waals surface area (Å²) in [6.45, 7) is 2.82. The van der Waals surface area contributed by atoms with Gasteiger partial charge in [-0.1, -0.05) is 30.3 Å². The van der Waals surface area contributed by atoms with Crippen molar-refractivity contribution in [2.45, 2.75) is 38.5 Å². The largest absolute Gasteiger partial charge is 0.493 e. The van der Waals surface area contributed by atoms with Gasteiger partial charge in [0.2, 0.25) is 0 Å². The number of ether oxygens (including phenoxy) is 4. The van der Waals surface area contributed by atoms with E-state index in [1.807, 2.05) is 30.3 Å². The van der Waals surface area contributed by atoms with Crippen molar-refractivity contribution < 1.29 is 18.9 Å². The molecule has 2 aliphatic heterocycles. The lowest BCUT2D eigenvalue weighted by Crippen LogP contribution is -2.28. The van der Waals surface area contributed by atoms with Crippen LogP contribution in [-0.2, 0) is 24.3 Å². The molecule has 1 fully saturated rings. The molecule has 5 rings (SSSR count). The second-order valence-corrected chi connectivity index (χ2v) is 8.41. The monoisotopic (exact) mass is 446 g/mol. The van der Waals surface area contributed by atoms with E-state index in [1.165, 1.54) is 0 Å². The molecule has 2 aliphatic rings. The zero-order valence-electron chi connectivity index (χ0n) is 19.3. The Balaban J connectivity index is 1.56. The highest BCUT2D eigenvalue weighted by Gasteiger charge is 2.23. The van der Waals surface area contributed by atoms with Crippen molar-refractivity contribution >= 4 is 0 Å². The summed E-state index contributed by atoms with van der Waals surface area (Å²) in [6, 6.07) is 18.4. The summed E-state index contributed by atoms with van der Waals surface area (Å²) in [4.78, 5) is 4.97. The van der Waals surface area contributed by atoms with E-state index in [0.29, 0.717) is 13.2 Å². The topological polar surface area (TPSA) is 54.2 Å². The lowest BCUT2D eigenvalue weighted by Gasteiger charge is -2.26. The van der Waals surface area contributed by atoms with Gasteiger partial charge in [0.05, 0.1) is 32.6 Å². The van der Waals surface area contributed by atoms with Crippen molar-refractivity contribution in [2.75, 3.05) is 27.4 Å². The lowest BCUT2D eigenvalue weighted by molar-refractivity contribution is 0.117. The van der Waals surface area contributed by atoms with E-state index in [1.54, 1.807) is 14.2 Å². The number of methoxy groups -OCH3 is 2. The molecule has 172 valence electrons. The van der Waals surface area contributed by atoms with Gasteiger partial charge >= 0.3 is 0 Å². The van der Waals surface area contributed by atoms with Gasteiger partial charge in [0.1, 0.15) is 17.8 Å². The van der Waals surface area contributed by atoms with E-state index in [2.05, 4.69) is 28.8 Å². The van der Waals surface area contributed by atoms with Crippen molar-refractivity contribution in [3.05, 3.63) is 71.2 Å². The summed E-state index contributed by atoms with van der Waals surface area (Å²) in [5.74, 6) is 2.36. The van der Waals surface area contributed by atoms with Crippen molar-refractivity contribution in [3.8, 4) is 28.5 Å². The van der Waals surface area contributed by atoms with Crippen LogP contribution in [0.2, 0.25) is 0 Å². The molecule has 1 atom stereocenters. The predicted octanol–water partition coefficient (Wildman–Crippen LogP) is 4.39. The molecule has 6 nitrogen and oxygen atoms in total. The standard InChI is InChI=1S/C27H30N2O4/c1-30-25-11-10-22-23(27(25)31-2)12-13-29-24(22)15-21(33-18-19-7-4-3-5-8-19)16-26(29)28-17-20-9-6-14-32-20/h3-5,7-8,10-11,15-16,20H,6,9,12-14,17-18H2,1-2H3. The van der Waals surface area contributed by atoms with E-state index in [0.717, 1.165) is 77.5 Å². The van der Waals surface area contributed by atoms with Crippen LogP contribution in [0.1, 0.15) is 24.0 Å². The van der Waals surface area contributed by atoms with E-state index in [-0.39, 0.29) is 6.10 Å². The van der Waals surface area contributed by atoms with Crippen LogP contribution in [0.5, 0.6) is 17.2 Å². The SMILES string of the molecule is COc1ccc2c(c1OC)CCn1c-2cc(OCc2ccccc2)cc1=NCC1CCCO1. The predicted molar refractivity (Wildman–Crippen MR) is 127 cm³/mol. The Morgan fingerprint density at radius 2 is 1.94 bits per heavy atom. The molecule has 1 saturated heterocycles. The van der Waals surface area contributed by atoms with Crippen LogP contribution in [0.25, 0.3) is 11.3 Å². The van der Waals surface area contributed by atoms with Gasteiger partial charge in [-0.15, -0.1) is 0 Å². The zero-order chi connectivity index (χ0) is 22.6. The third kappa shape index (κ3) is 4.48. The highest BCUT2D eigenvalue weighted by Crippen LogP contribution is 2.41. The Labute approximate surface area is 194 Å². The molecule has 1 aromatic heterocycles. The Morgan fingerprint density at radius 3 is 2.70 bits per heavy atom. The summed E-state index contributed by atoms with van der Waals surface area (Å²) in [5.41, 5.74) is 5.41. The minimum atomic E-state index is 0.204. The van der Waals surface area contributed by atoms with Gasteiger partial charge in [-0.2, -0.15) is 0 Å². The van der Waals surface area contributed by atoms with Gasteiger partial charge < -0.3 is 23.5 Å². The van der Waals surface area contributed by atoms with Gasteiger partial charge in [0.25, 0.3) is 0 Å². The summed E-state index contributed by atoms with van der Waals surface area (Å²) >= 11 is 0. The maximum absolute atomic E-state index is 6.23. The summed E-state index contributed by atoms with van der Waals surface area (Å²) < 4.78 is 25.6. The molecule has 0 amide bonds. The highest BCUT2D eigenvalue weighted by atomic mass is 16.5. The summed E-state index contributed by atoms with van der Waals surface area (Å²) in [7, 11) is 3.37. The second-order valence-electron chi connectivity index (χ2n) is 8.41. The molecule has 2 aromatic carbocycles. The van der Waals surface area contributed by atoms with Crippen LogP contribution in [0.15, 0.2) is 59.6 Å². The molecule has 0 spiro atoms. The van der Waals surface area contributed by atoms with Crippen molar-refractivity contribution in [1.29, 1.82) is 0 Å². The van der Waals surface area contributed by atoms with Crippen LogP contribution < -0.4 is 19.7 Å². The van der Waals surface area contributed by atoms with Crippen LogP contribution >= 0.6 is 0 Å². The van der Waals surface area contributed by atoms with E-state index in [9.17, 15) is 0 Å². The van der Waals surface area contributed by atoms with Crippen LogP contribution in [-0.4, -0.2) is 38.0 Å². The molecule has 0 saturated carbocycles. The number of benzene rings is 2. The van der Waals surface area contributed by atoms with Gasteiger partial charge in [-0.25, -0.2) is 0 Å². The zero-order valence-corrected chi connectivity index (χ0v) is 19.3. The number of hydrogen-bond acceptors (Lipinski definition) is 5. The maximum atomic E-state index is 6.23. The van der Waals surface area contributed by atoms with Crippen LogP contribution in [0, 0.1) is 0 Å². The van der Waals surface area contributed by atoms with Crippen molar-refractivity contribution in [1.82, 2.24) is 4.57 Å². The average Bonchev–Trinajstić information content (AvgIpc) is 3.39. The molecule has 1 unspecified atom stereocenters. The van der Waals surface area contributed by atoms with E-state index >= 15 is 0 Å². The first kappa shape index (κ1) is 21.6. The number of pyridine rings is 1. The Hall–Kier alpha value is -3.25. The first-order valence-electron chi connectivity index (χ1n) is 11.5. The molecule has 0 bridgehead atoms. The van der Waals surface area contributed by atoms with Crippen molar-refractivity contribution in [3.63, 3.8) is 0 Å². The van der Waals surface area contributed by atoms with Crippen LogP contribution in [0.3, 0.4) is 0 Å². The fourth-order valence-electron chi connectivity index (χ4n) is 4.68. The number of rotatable bonds is 7. The number of aromatic nitrogens is 1. The number of nitrogens with zero attached hydrogens (tertiary/aromatic N) is 2. The van der Waals surface area contributed by atoms with Gasteiger partial charge in [0, 0.05) is 36.4 Å². The molecule has 3 heterocycles. The molecule has 0 aliphatic carbocycles. The molecule has 6 heteroatoms. The summed E-state index contributed by atoms with van der Waals surface area (Å²) in [5, 5.41) is 0. The molecular weight excluding hydrogens is 416 g/mol. The van der Waals surface area contributed by atoms with Crippen LogP contribution in [0.4, 0.5) is 0 Å². The Kier molecular flexibility index (Phi) is 6.35. The average molecular weight is 447 g/mol. The minimum Gasteiger partial charge on any atom is -0.493 e. The number of fused-ring (bicyclic) bond motifs is 3. The third-order valence-corrected chi connectivity index (χ3v) is 6.36. The molecular formula is C27H30N2O4. The fourth-order valence-corrected chi connectivity index (χ4v) is 4.68. The Morgan fingerprint density at radius 1 is 1.06 bits per heavy atom. The first-order valence-corrected chi connectivity index (χ1v) is 11.5.